The quantitative estimate of drug-likeness (QED) is 0.477. The molecule has 72 valence electrons. The fraction of sp³-hybridized carbons (Fsp3) is 0.625. The third-order valence-corrected chi connectivity index (χ3v) is 0.939. The Hall–Kier alpha value is -0.870. The fourth-order valence-corrected chi connectivity index (χ4v) is 0.482. The van der Waals surface area contributed by atoms with E-state index >= 15 is 0 Å². The summed E-state index contributed by atoms with van der Waals surface area (Å²) in [7, 11) is 0. The summed E-state index contributed by atoms with van der Waals surface area (Å²) < 4.78 is 0. The second kappa shape index (κ2) is 10.1. The highest BCUT2D eigenvalue weighted by atomic mass is 16.7. The highest BCUT2D eigenvalue weighted by Crippen LogP contribution is 1.95. The Morgan fingerprint density at radius 1 is 1.50 bits per heavy atom. The fourth-order valence-electron chi connectivity index (χ4n) is 0.482. The molecule has 0 heterocycles. The van der Waals surface area contributed by atoms with E-state index in [0.29, 0.717) is 5.57 Å². The number of carbonyl (C=O) groups excluding carboxylic acids is 1. The van der Waals surface area contributed by atoms with Gasteiger partial charge >= 0.3 is 5.97 Å². The van der Waals surface area contributed by atoms with E-state index in [0.717, 1.165) is 13.0 Å². The lowest BCUT2D eigenvalue weighted by Crippen LogP contribution is -2.10. The zero-order valence-corrected chi connectivity index (χ0v) is 7.96. The minimum absolute atomic E-state index is 0.461. The number of carbonyl (C=O) groups is 1. The molecule has 0 rings (SSSR count). The zero-order valence-electron chi connectivity index (χ0n) is 7.96. The molecule has 0 aromatic rings. The van der Waals surface area contributed by atoms with Crippen LogP contribution < -0.4 is 11.6 Å². The molecule has 12 heavy (non-hydrogen) atoms. The summed E-state index contributed by atoms with van der Waals surface area (Å²) in [6, 6.07) is 0. The first-order valence-electron chi connectivity index (χ1n) is 3.91. The minimum Gasteiger partial charge on any atom is -0.370 e. The molecule has 4 nitrogen and oxygen atoms in total. The largest absolute Gasteiger partial charge is 0.370 e. The summed E-state index contributed by atoms with van der Waals surface area (Å²) in [6.45, 7) is 6.26. The number of allylic oxidation sites excluding steroid dienone is 1. The normalized spacial score (nSPS) is 9.92. The van der Waals surface area contributed by atoms with Crippen LogP contribution in [-0.2, 0) is 9.63 Å². The van der Waals surface area contributed by atoms with E-state index in [1.807, 2.05) is 13.8 Å². The highest BCUT2D eigenvalue weighted by Gasteiger charge is 2.00. The van der Waals surface area contributed by atoms with E-state index in [9.17, 15) is 4.79 Å². The Morgan fingerprint density at radius 3 is 2.17 bits per heavy atom. The van der Waals surface area contributed by atoms with Crippen LogP contribution in [0.4, 0.5) is 0 Å². The van der Waals surface area contributed by atoms with Gasteiger partial charge in [0.25, 0.3) is 0 Å². The van der Waals surface area contributed by atoms with E-state index in [1.165, 1.54) is 0 Å². The molecule has 0 aromatic heterocycles. The molecule has 0 aliphatic carbocycles. The van der Waals surface area contributed by atoms with Gasteiger partial charge in [-0.25, -0.2) is 4.79 Å². The van der Waals surface area contributed by atoms with Gasteiger partial charge in [-0.1, -0.05) is 19.9 Å². The van der Waals surface area contributed by atoms with Crippen LogP contribution in [-0.4, -0.2) is 12.5 Å². The molecule has 0 bridgehead atoms. The molecule has 0 saturated heterocycles. The molecule has 0 unspecified atom stereocenters. The smallest absolute Gasteiger partial charge is 0.351 e. The standard InChI is InChI=1S/C6H11NO2.C2H7N/c1-3-4-5(2)6(8)9-7;1-2-3/h4H,3,7H2,1-2H3;2-3H2,1H3. The molecule has 4 heteroatoms. The summed E-state index contributed by atoms with van der Waals surface area (Å²) >= 11 is 0. The van der Waals surface area contributed by atoms with Gasteiger partial charge in [0.05, 0.1) is 0 Å². The number of rotatable bonds is 2. The molecule has 0 aliphatic rings. The first kappa shape index (κ1) is 13.7. The number of nitrogens with two attached hydrogens (primary N) is 2. The van der Waals surface area contributed by atoms with Crippen LogP contribution in [0.1, 0.15) is 27.2 Å². The van der Waals surface area contributed by atoms with Crippen molar-refractivity contribution in [2.24, 2.45) is 11.6 Å². The van der Waals surface area contributed by atoms with Crippen molar-refractivity contribution in [2.45, 2.75) is 27.2 Å². The van der Waals surface area contributed by atoms with Gasteiger partial charge in [0.2, 0.25) is 0 Å². The Kier molecular flexibility index (Phi) is 11.6. The molecular formula is C8H18N2O2. The van der Waals surface area contributed by atoms with E-state index < -0.39 is 5.97 Å². The molecule has 0 aliphatic heterocycles. The molecule has 0 fully saturated rings. The SMILES string of the molecule is CCC=C(C)C(=O)ON.CCN. The Morgan fingerprint density at radius 2 is 1.92 bits per heavy atom. The third kappa shape index (κ3) is 9.13. The average molecular weight is 174 g/mol. The molecule has 0 aromatic carbocycles. The van der Waals surface area contributed by atoms with Crippen molar-refractivity contribution in [3.05, 3.63) is 11.6 Å². The van der Waals surface area contributed by atoms with Crippen LogP contribution in [0.15, 0.2) is 11.6 Å². The lowest BCUT2D eigenvalue weighted by Gasteiger charge is -1.94. The Bertz CT molecular complexity index is 144. The van der Waals surface area contributed by atoms with Crippen molar-refractivity contribution >= 4 is 5.97 Å². The van der Waals surface area contributed by atoms with Gasteiger partial charge in [0.15, 0.2) is 0 Å². The molecule has 0 saturated carbocycles. The van der Waals surface area contributed by atoms with E-state index in [1.54, 1.807) is 13.0 Å². The summed E-state index contributed by atoms with van der Waals surface area (Å²) in [4.78, 5) is 14.4. The highest BCUT2D eigenvalue weighted by molar-refractivity contribution is 5.87. The molecule has 0 atom stereocenters. The summed E-state index contributed by atoms with van der Waals surface area (Å²) in [5, 5.41) is 0. The van der Waals surface area contributed by atoms with Crippen LogP contribution in [0.5, 0.6) is 0 Å². The minimum atomic E-state index is -0.461. The van der Waals surface area contributed by atoms with Gasteiger partial charge < -0.3 is 10.6 Å². The van der Waals surface area contributed by atoms with Crippen molar-refractivity contribution in [3.63, 3.8) is 0 Å². The maximum Gasteiger partial charge on any atom is 0.351 e. The summed E-state index contributed by atoms with van der Waals surface area (Å²) in [5.41, 5.74) is 5.40. The van der Waals surface area contributed by atoms with Gasteiger partial charge in [-0.3, -0.25) is 0 Å². The summed E-state index contributed by atoms with van der Waals surface area (Å²) in [6.07, 6.45) is 2.58. The van der Waals surface area contributed by atoms with Gasteiger partial charge in [0.1, 0.15) is 0 Å². The number of hydrogen-bond acceptors (Lipinski definition) is 4. The van der Waals surface area contributed by atoms with Crippen molar-refractivity contribution in [3.8, 4) is 0 Å². The predicted molar refractivity (Wildman–Crippen MR) is 49.1 cm³/mol. The van der Waals surface area contributed by atoms with Gasteiger partial charge in [-0.15, -0.1) is 0 Å². The lowest BCUT2D eigenvalue weighted by atomic mass is 10.2. The van der Waals surface area contributed by atoms with E-state index in [-0.39, 0.29) is 0 Å². The lowest BCUT2D eigenvalue weighted by molar-refractivity contribution is -0.139. The van der Waals surface area contributed by atoms with Gasteiger partial charge in [0, 0.05) is 5.57 Å². The van der Waals surface area contributed by atoms with E-state index in [4.69, 9.17) is 5.73 Å². The topological polar surface area (TPSA) is 78.3 Å². The third-order valence-electron chi connectivity index (χ3n) is 0.939. The van der Waals surface area contributed by atoms with Crippen LogP contribution in [0.25, 0.3) is 0 Å². The van der Waals surface area contributed by atoms with Crippen LogP contribution >= 0.6 is 0 Å². The van der Waals surface area contributed by atoms with E-state index in [2.05, 4.69) is 10.7 Å². The first-order valence-corrected chi connectivity index (χ1v) is 3.91. The van der Waals surface area contributed by atoms with Crippen molar-refractivity contribution in [1.82, 2.24) is 0 Å². The zero-order chi connectivity index (χ0) is 9.98. The second-order valence-electron chi connectivity index (χ2n) is 2.11. The van der Waals surface area contributed by atoms with Crippen LogP contribution in [0.2, 0.25) is 0 Å². The second-order valence-corrected chi connectivity index (χ2v) is 2.11. The first-order chi connectivity index (χ1) is 5.63. The van der Waals surface area contributed by atoms with Crippen molar-refractivity contribution < 1.29 is 9.63 Å². The maximum absolute atomic E-state index is 10.5. The molecular weight excluding hydrogens is 156 g/mol. The Labute approximate surface area is 73.5 Å². The molecule has 0 radical (unpaired) electrons. The maximum atomic E-state index is 10.5. The molecule has 4 N–H and O–H groups in total. The number of hydrogen-bond donors (Lipinski definition) is 2. The van der Waals surface area contributed by atoms with Crippen LogP contribution in [0.3, 0.4) is 0 Å². The summed E-state index contributed by atoms with van der Waals surface area (Å²) in [5.74, 6) is 4.15. The molecule has 0 spiro atoms. The van der Waals surface area contributed by atoms with Gasteiger partial charge in [-0.2, -0.15) is 5.90 Å². The van der Waals surface area contributed by atoms with Crippen molar-refractivity contribution in [2.75, 3.05) is 6.54 Å². The molecule has 0 amide bonds. The van der Waals surface area contributed by atoms with Crippen LogP contribution in [0, 0.1) is 0 Å². The van der Waals surface area contributed by atoms with Gasteiger partial charge in [-0.05, 0) is 19.9 Å². The predicted octanol–water partition coefficient (Wildman–Crippen LogP) is 0.725. The Balaban J connectivity index is 0. The average Bonchev–Trinajstić information content (AvgIpc) is 2.05. The van der Waals surface area contributed by atoms with Crippen molar-refractivity contribution in [1.29, 1.82) is 0 Å². The monoisotopic (exact) mass is 174 g/mol.